The molecule has 5 aromatic rings. The minimum Gasteiger partial charge on any atom is -0.489 e. The van der Waals surface area contributed by atoms with Crippen molar-refractivity contribution in [2.75, 3.05) is 0 Å². The van der Waals surface area contributed by atoms with Crippen molar-refractivity contribution in [1.82, 2.24) is 0 Å². The van der Waals surface area contributed by atoms with Crippen LogP contribution in [-0.2, 0) is 12.0 Å². The van der Waals surface area contributed by atoms with E-state index in [-0.39, 0.29) is 23.4 Å². The summed E-state index contributed by atoms with van der Waals surface area (Å²) in [5.41, 5.74) is 3.65. The van der Waals surface area contributed by atoms with Gasteiger partial charge in [0, 0.05) is 22.8 Å². The standard InChI is InChI=1S/C43H41N3O/c1-28-21-33-15-8-9-17-37(33)36(22-28)27-45-42(46-41(44-3)34-20-19-29-11-4-5-12-30(29)23-34)35-16-10-18-40-43(2,26-35)38-24-31-13-6-7-14-32(31)25-39(38)47-40/h4-9,11-15,17,19,21-25,34-35,40H,3,10,16,18,20,26-27H2,1-2H3/b45-42-,46-41-/t34?,35-,40?,43?/m1/s1. The van der Waals surface area contributed by atoms with E-state index in [9.17, 15) is 0 Å². The number of aryl methyl sites for hydroxylation is 1. The number of rotatable bonds is 4. The minimum atomic E-state index is -0.141. The van der Waals surface area contributed by atoms with Crippen molar-refractivity contribution in [2.45, 2.75) is 64.0 Å². The van der Waals surface area contributed by atoms with Gasteiger partial charge in [0.25, 0.3) is 0 Å². The highest BCUT2D eigenvalue weighted by Gasteiger charge is 2.48. The van der Waals surface area contributed by atoms with Crippen LogP contribution in [0.3, 0.4) is 0 Å². The second-order valence-corrected chi connectivity index (χ2v) is 13.8. The number of hydrogen-bond donors (Lipinski definition) is 0. The average Bonchev–Trinajstić information content (AvgIpc) is 3.24. The SMILES string of the molecule is C=N/C(=N\C(=N/Cc1cc(C)cc2ccccc12)[C@@H]1CCCC2Oc3cc4ccccc4cc3C2(C)C1)C1C=c2ccccc2=CC1. The molecule has 1 fully saturated rings. The molecule has 0 radical (unpaired) electrons. The van der Waals surface area contributed by atoms with Gasteiger partial charge in [-0.15, -0.1) is 0 Å². The number of fused-ring (bicyclic) bond motifs is 6. The first kappa shape index (κ1) is 29.6. The molecule has 3 unspecified atom stereocenters. The molecule has 1 aliphatic heterocycles. The molecule has 4 heteroatoms. The van der Waals surface area contributed by atoms with E-state index in [4.69, 9.17) is 14.7 Å². The van der Waals surface area contributed by atoms with E-state index in [1.807, 2.05) is 0 Å². The number of ether oxygens (including phenoxy) is 1. The summed E-state index contributed by atoms with van der Waals surface area (Å²) in [5, 5.41) is 7.47. The third-order valence-electron chi connectivity index (χ3n) is 10.7. The zero-order valence-electron chi connectivity index (χ0n) is 27.3. The zero-order chi connectivity index (χ0) is 32.0. The van der Waals surface area contributed by atoms with Gasteiger partial charge in [-0.2, -0.15) is 0 Å². The molecule has 234 valence electrons. The molecular formula is C43H41N3O. The van der Waals surface area contributed by atoms with Crippen molar-refractivity contribution in [3.8, 4) is 5.75 Å². The second-order valence-electron chi connectivity index (χ2n) is 13.8. The van der Waals surface area contributed by atoms with Gasteiger partial charge in [0.05, 0.1) is 6.54 Å². The lowest BCUT2D eigenvalue weighted by atomic mass is 9.72. The first-order valence-electron chi connectivity index (χ1n) is 17.0. The summed E-state index contributed by atoms with van der Waals surface area (Å²) in [6, 6.07) is 34.9. The molecule has 0 saturated heterocycles. The van der Waals surface area contributed by atoms with Crippen LogP contribution in [0, 0.1) is 18.8 Å². The molecule has 0 N–H and O–H groups in total. The lowest BCUT2D eigenvalue weighted by Crippen LogP contribution is -2.36. The Morgan fingerprint density at radius 1 is 0.851 bits per heavy atom. The molecule has 0 bridgehead atoms. The second kappa shape index (κ2) is 12.1. The van der Waals surface area contributed by atoms with Crippen molar-refractivity contribution < 1.29 is 4.74 Å². The lowest BCUT2D eigenvalue weighted by molar-refractivity contribution is 0.145. The van der Waals surface area contributed by atoms with Gasteiger partial charge in [0.2, 0.25) is 0 Å². The smallest absolute Gasteiger partial charge is 0.136 e. The van der Waals surface area contributed by atoms with E-state index < -0.39 is 0 Å². The Morgan fingerprint density at radius 3 is 2.43 bits per heavy atom. The van der Waals surface area contributed by atoms with Crippen molar-refractivity contribution >= 4 is 52.1 Å². The van der Waals surface area contributed by atoms with E-state index in [0.717, 1.165) is 49.5 Å². The number of benzene rings is 5. The Balaban J connectivity index is 1.22. The molecule has 8 rings (SSSR count). The number of hydrogen-bond acceptors (Lipinski definition) is 2. The predicted octanol–water partition coefficient (Wildman–Crippen LogP) is 8.49. The van der Waals surface area contributed by atoms with Crippen LogP contribution >= 0.6 is 0 Å². The highest BCUT2D eigenvalue weighted by molar-refractivity contribution is 6.03. The van der Waals surface area contributed by atoms with E-state index >= 15 is 0 Å². The highest BCUT2D eigenvalue weighted by Crippen LogP contribution is 2.52. The maximum atomic E-state index is 6.74. The minimum absolute atomic E-state index is 0.0587. The third kappa shape index (κ3) is 5.50. The summed E-state index contributed by atoms with van der Waals surface area (Å²) in [4.78, 5) is 15.3. The van der Waals surface area contributed by atoms with Gasteiger partial charge in [-0.1, -0.05) is 110 Å². The fourth-order valence-corrected chi connectivity index (χ4v) is 8.25. The van der Waals surface area contributed by atoms with Crippen LogP contribution in [0.25, 0.3) is 33.7 Å². The van der Waals surface area contributed by atoms with Crippen molar-refractivity contribution in [3.63, 3.8) is 0 Å². The van der Waals surface area contributed by atoms with Crippen LogP contribution in [0.15, 0.2) is 112 Å². The summed E-state index contributed by atoms with van der Waals surface area (Å²) < 4.78 is 6.74. The Bertz CT molecular complexity index is 2210. The first-order valence-corrected chi connectivity index (χ1v) is 17.0. The van der Waals surface area contributed by atoms with E-state index in [0.29, 0.717) is 6.54 Å². The van der Waals surface area contributed by atoms with Gasteiger partial charge >= 0.3 is 0 Å². The van der Waals surface area contributed by atoms with Crippen LogP contribution in [0.5, 0.6) is 5.75 Å². The fourth-order valence-electron chi connectivity index (χ4n) is 8.25. The molecule has 0 aromatic heterocycles. The Morgan fingerprint density at radius 2 is 1.60 bits per heavy atom. The van der Waals surface area contributed by atoms with Crippen LogP contribution in [0.1, 0.15) is 55.7 Å². The molecule has 2 aliphatic carbocycles. The predicted molar refractivity (Wildman–Crippen MR) is 197 cm³/mol. The third-order valence-corrected chi connectivity index (χ3v) is 10.7. The Labute approximate surface area is 277 Å². The summed E-state index contributed by atoms with van der Waals surface area (Å²) >= 11 is 0. The molecule has 5 aromatic carbocycles. The van der Waals surface area contributed by atoms with Crippen molar-refractivity contribution in [1.29, 1.82) is 0 Å². The quantitative estimate of drug-likeness (QED) is 0.148. The zero-order valence-corrected chi connectivity index (χ0v) is 27.3. The van der Waals surface area contributed by atoms with Gasteiger partial charge < -0.3 is 4.74 Å². The number of amidine groups is 2. The van der Waals surface area contributed by atoms with Gasteiger partial charge in [0.15, 0.2) is 0 Å². The summed E-state index contributed by atoms with van der Waals surface area (Å²) in [7, 11) is 0. The molecule has 4 atom stereocenters. The normalized spacial score (nSPS) is 23.9. The van der Waals surface area contributed by atoms with E-state index in [1.54, 1.807) is 0 Å². The molecule has 4 nitrogen and oxygen atoms in total. The number of aliphatic imine (C=N–C) groups is 3. The topological polar surface area (TPSA) is 46.3 Å². The van der Waals surface area contributed by atoms with Crippen LogP contribution in [0.2, 0.25) is 0 Å². The summed E-state index contributed by atoms with van der Waals surface area (Å²) in [6.45, 7) is 9.16. The maximum absolute atomic E-state index is 6.74. The average molecular weight is 616 g/mol. The lowest BCUT2D eigenvalue weighted by Gasteiger charge is -2.31. The van der Waals surface area contributed by atoms with Crippen LogP contribution in [0.4, 0.5) is 0 Å². The van der Waals surface area contributed by atoms with Crippen molar-refractivity contribution in [2.24, 2.45) is 26.8 Å². The first-order chi connectivity index (χ1) is 23.0. The Hall–Kier alpha value is -4.83. The number of nitrogens with zero attached hydrogens (tertiary/aromatic N) is 3. The molecule has 47 heavy (non-hydrogen) atoms. The fraction of sp³-hybridized carbons (Fsp3) is 0.279. The maximum Gasteiger partial charge on any atom is 0.136 e. The Kier molecular flexibility index (Phi) is 7.60. The van der Waals surface area contributed by atoms with E-state index in [1.165, 1.54) is 48.7 Å². The van der Waals surface area contributed by atoms with Crippen LogP contribution in [-0.4, -0.2) is 24.5 Å². The molecule has 3 aliphatic rings. The van der Waals surface area contributed by atoms with Gasteiger partial charge in [-0.05, 0) is 95.4 Å². The summed E-state index contributed by atoms with van der Waals surface area (Å²) in [5.74, 6) is 2.90. The monoisotopic (exact) mass is 615 g/mol. The van der Waals surface area contributed by atoms with E-state index in [2.05, 4.69) is 135 Å². The molecular weight excluding hydrogens is 574 g/mol. The van der Waals surface area contributed by atoms with Gasteiger partial charge in [-0.25, -0.2) is 9.98 Å². The molecule has 1 heterocycles. The molecule has 0 spiro atoms. The summed E-state index contributed by atoms with van der Waals surface area (Å²) in [6.07, 6.45) is 9.61. The van der Waals surface area contributed by atoms with Gasteiger partial charge in [-0.3, -0.25) is 4.99 Å². The molecule has 0 amide bonds. The highest BCUT2D eigenvalue weighted by atomic mass is 16.5. The van der Waals surface area contributed by atoms with Gasteiger partial charge in [0.1, 0.15) is 23.5 Å². The van der Waals surface area contributed by atoms with Crippen molar-refractivity contribution in [3.05, 3.63) is 124 Å². The molecule has 1 saturated carbocycles. The largest absolute Gasteiger partial charge is 0.489 e. The van der Waals surface area contributed by atoms with Crippen LogP contribution < -0.4 is 15.2 Å².